The van der Waals surface area contributed by atoms with Crippen LogP contribution < -0.4 is 11.1 Å². The molecule has 0 saturated heterocycles. The number of nitrogens with two attached hydrogens (primary N) is 1. The summed E-state index contributed by atoms with van der Waals surface area (Å²) >= 11 is 0. The molecule has 1 aromatic carbocycles. The third-order valence-electron chi connectivity index (χ3n) is 5.00. The molecule has 0 saturated carbocycles. The first-order valence-electron chi connectivity index (χ1n) is 9.56. The van der Waals surface area contributed by atoms with Crippen LogP contribution in [0.15, 0.2) is 42.6 Å². The minimum Gasteiger partial charge on any atom is -0.383 e. The average molecular weight is 420 g/mol. The van der Waals surface area contributed by atoms with Crippen LogP contribution in [0.2, 0.25) is 0 Å². The zero-order valence-electron chi connectivity index (χ0n) is 17.2. The summed E-state index contributed by atoms with van der Waals surface area (Å²) < 4.78 is 15.2. The van der Waals surface area contributed by atoms with Crippen LogP contribution in [0, 0.1) is 19.7 Å². The van der Waals surface area contributed by atoms with Crippen molar-refractivity contribution in [1.82, 2.24) is 19.5 Å². The molecule has 3 aromatic heterocycles. The van der Waals surface area contributed by atoms with E-state index in [1.54, 1.807) is 26.0 Å². The van der Waals surface area contributed by atoms with Gasteiger partial charge in [-0.1, -0.05) is 12.1 Å². The maximum absolute atomic E-state index is 13.4. The van der Waals surface area contributed by atoms with Gasteiger partial charge in [0, 0.05) is 30.1 Å². The van der Waals surface area contributed by atoms with Crippen molar-refractivity contribution in [2.24, 2.45) is 7.05 Å². The van der Waals surface area contributed by atoms with Crippen LogP contribution in [0.4, 0.5) is 16.0 Å². The number of hydrogen-bond donors (Lipinski definition) is 3. The van der Waals surface area contributed by atoms with Crippen molar-refractivity contribution in [2.45, 2.75) is 20.0 Å². The van der Waals surface area contributed by atoms with Gasteiger partial charge in [0.05, 0.1) is 5.39 Å². The number of halogens is 1. The molecule has 4 rings (SSSR count). The first-order chi connectivity index (χ1) is 14.7. The molecule has 0 aliphatic heterocycles. The number of hydrogen-bond acceptors (Lipinski definition) is 6. The number of anilines is 2. The van der Waals surface area contributed by atoms with E-state index >= 15 is 0 Å². The molecule has 8 nitrogen and oxygen atoms in total. The van der Waals surface area contributed by atoms with Crippen LogP contribution in [0.1, 0.15) is 23.2 Å². The quantitative estimate of drug-likeness (QED) is 0.467. The minimum absolute atomic E-state index is 0.160. The number of aliphatic hydroxyl groups excluding tert-OH is 1. The Balaban J connectivity index is 1.64. The Morgan fingerprint density at radius 1 is 1.16 bits per heavy atom. The number of carbonyl (C=O) groups excluding carboxylic acids is 1. The summed E-state index contributed by atoms with van der Waals surface area (Å²) in [6.45, 7) is 3.59. The molecular weight excluding hydrogens is 399 g/mol. The zero-order chi connectivity index (χ0) is 22.3. The predicted molar refractivity (Wildman–Crippen MR) is 116 cm³/mol. The Labute approximate surface area is 177 Å². The summed E-state index contributed by atoms with van der Waals surface area (Å²) in [6, 6.07) is 8.69. The number of aliphatic hydroxyl groups is 1. The number of aryl methyl sites for hydroxylation is 3. The second-order valence-corrected chi connectivity index (χ2v) is 7.28. The van der Waals surface area contributed by atoms with Crippen LogP contribution in [0.25, 0.3) is 22.2 Å². The Bertz CT molecular complexity index is 1320. The second-order valence-electron chi connectivity index (χ2n) is 7.28. The lowest BCUT2D eigenvalue weighted by Gasteiger charge is -2.13. The van der Waals surface area contributed by atoms with E-state index in [2.05, 4.69) is 20.3 Å². The summed E-state index contributed by atoms with van der Waals surface area (Å²) in [5.41, 5.74) is 9.32. The highest BCUT2D eigenvalue weighted by molar-refractivity contribution is 6.01. The summed E-state index contributed by atoms with van der Waals surface area (Å²) in [6.07, 6.45) is 0.390. The van der Waals surface area contributed by atoms with Crippen LogP contribution in [-0.2, 0) is 11.8 Å². The fourth-order valence-corrected chi connectivity index (χ4v) is 3.55. The number of nitrogen functional groups attached to an aromatic ring is 1. The lowest BCUT2D eigenvalue weighted by Crippen LogP contribution is -2.21. The monoisotopic (exact) mass is 420 g/mol. The van der Waals surface area contributed by atoms with Crippen molar-refractivity contribution in [1.29, 1.82) is 0 Å². The van der Waals surface area contributed by atoms with E-state index in [-0.39, 0.29) is 11.4 Å². The van der Waals surface area contributed by atoms with Crippen molar-refractivity contribution < 1.29 is 14.3 Å². The topological polar surface area (TPSA) is 119 Å². The number of amides is 1. The SMILES string of the molecule is Cc1nc(N)c2c(-c3ccc(NC(=O)C(O)c4cccc(F)c4)nc3C)cn(C)c2n1. The average Bonchev–Trinajstić information content (AvgIpc) is 3.04. The molecule has 0 aliphatic carbocycles. The smallest absolute Gasteiger partial charge is 0.258 e. The lowest BCUT2D eigenvalue weighted by atomic mass is 10.0. The molecule has 0 aliphatic rings. The highest BCUT2D eigenvalue weighted by Gasteiger charge is 2.20. The van der Waals surface area contributed by atoms with E-state index in [9.17, 15) is 14.3 Å². The maximum Gasteiger partial charge on any atom is 0.258 e. The van der Waals surface area contributed by atoms with E-state index in [1.165, 1.54) is 18.2 Å². The summed E-state index contributed by atoms with van der Waals surface area (Å²) in [4.78, 5) is 25.6. The largest absolute Gasteiger partial charge is 0.383 e. The number of pyridine rings is 1. The van der Waals surface area contributed by atoms with Gasteiger partial charge >= 0.3 is 0 Å². The summed E-state index contributed by atoms with van der Waals surface area (Å²) in [7, 11) is 1.88. The van der Waals surface area contributed by atoms with E-state index < -0.39 is 17.8 Å². The Kier molecular flexibility index (Phi) is 5.12. The molecule has 1 amide bonds. The number of benzene rings is 1. The molecule has 158 valence electrons. The van der Waals surface area contributed by atoms with E-state index in [0.717, 1.165) is 28.2 Å². The number of carbonyl (C=O) groups is 1. The van der Waals surface area contributed by atoms with Gasteiger partial charge in [0.25, 0.3) is 5.91 Å². The molecule has 0 bridgehead atoms. The van der Waals surface area contributed by atoms with Gasteiger partial charge in [0.2, 0.25) is 0 Å². The molecule has 0 spiro atoms. The molecule has 31 heavy (non-hydrogen) atoms. The highest BCUT2D eigenvalue weighted by Crippen LogP contribution is 2.34. The molecule has 3 heterocycles. The van der Waals surface area contributed by atoms with E-state index in [1.807, 2.05) is 17.8 Å². The van der Waals surface area contributed by atoms with Crippen molar-refractivity contribution in [3.8, 4) is 11.1 Å². The number of nitrogens with zero attached hydrogens (tertiary/aromatic N) is 4. The molecule has 0 radical (unpaired) electrons. The van der Waals surface area contributed by atoms with Gasteiger partial charge in [-0.3, -0.25) is 4.79 Å². The van der Waals surface area contributed by atoms with E-state index in [0.29, 0.717) is 17.3 Å². The minimum atomic E-state index is -1.52. The molecule has 0 fully saturated rings. The van der Waals surface area contributed by atoms with Gasteiger partial charge in [-0.25, -0.2) is 19.3 Å². The lowest BCUT2D eigenvalue weighted by molar-refractivity contribution is -0.124. The first kappa shape index (κ1) is 20.4. The van der Waals surface area contributed by atoms with Gasteiger partial charge in [0.1, 0.15) is 28.9 Å². The van der Waals surface area contributed by atoms with Crippen LogP contribution >= 0.6 is 0 Å². The van der Waals surface area contributed by atoms with Gasteiger partial charge in [-0.15, -0.1) is 0 Å². The molecule has 9 heteroatoms. The number of rotatable bonds is 4. The fourth-order valence-electron chi connectivity index (χ4n) is 3.55. The van der Waals surface area contributed by atoms with Gasteiger partial charge in [-0.2, -0.15) is 0 Å². The van der Waals surface area contributed by atoms with Crippen LogP contribution in [-0.4, -0.2) is 30.5 Å². The van der Waals surface area contributed by atoms with Crippen molar-refractivity contribution >= 4 is 28.6 Å². The molecule has 1 atom stereocenters. The fraction of sp³-hybridized carbons (Fsp3) is 0.182. The highest BCUT2D eigenvalue weighted by atomic mass is 19.1. The normalized spacial score (nSPS) is 12.2. The van der Waals surface area contributed by atoms with Gasteiger partial charge in [0.15, 0.2) is 6.10 Å². The van der Waals surface area contributed by atoms with Crippen LogP contribution in [0.5, 0.6) is 0 Å². The van der Waals surface area contributed by atoms with Gasteiger partial charge in [-0.05, 0) is 43.7 Å². The van der Waals surface area contributed by atoms with E-state index in [4.69, 9.17) is 5.73 Å². The number of nitrogens with one attached hydrogen (secondary N) is 1. The molecule has 1 unspecified atom stereocenters. The summed E-state index contributed by atoms with van der Waals surface area (Å²) in [5, 5.41) is 13.5. The van der Waals surface area contributed by atoms with Crippen LogP contribution in [0.3, 0.4) is 0 Å². The standard InChI is InChI=1S/C22H21FN6O2/c1-11-15(16-10-29(3)21-18(16)20(24)26-12(2)27-21)7-8-17(25-11)28-22(31)19(30)13-5-4-6-14(23)9-13/h4-10,19,30H,1-3H3,(H2,24,26,27)(H,25,28,31). The zero-order valence-corrected chi connectivity index (χ0v) is 17.2. The first-order valence-corrected chi connectivity index (χ1v) is 9.56. The third-order valence-corrected chi connectivity index (χ3v) is 5.00. The summed E-state index contributed by atoms with van der Waals surface area (Å²) in [5.74, 6) is -0.00245. The number of aromatic nitrogens is 4. The third kappa shape index (κ3) is 3.82. The Hall–Kier alpha value is -3.85. The van der Waals surface area contributed by atoms with Crippen molar-refractivity contribution in [3.05, 3.63) is 65.5 Å². The Morgan fingerprint density at radius 3 is 2.65 bits per heavy atom. The molecule has 4 N–H and O–H groups in total. The number of fused-ring (bicyclic) bond motifs is 1. The van der Waals surface area contributed by atoms with Crippen molar-refractivity contribution in [3.63, 3.8) is 0 Å². The predicted octanol–water partition coefficient (Wildman–Crippen LogP) is 3.04. The van der Waals surface area contributed by atoms with Gasteiger partial charge < -0.3 is 20.7 Å². The maximum atomic E-state index is 13.4. The molecule has 4 aromatic rings. The van der Waals surface area contributed by atoms with Crippen molar-refractivity contribution in [2.75, 3.05) is 11.1 Å². The molecular formula is C22H21FN6O2. The Morgan fingerprint density at radius 2 is 1.94 bits per heavy atom. The second kappa shape index (κ2) is 7.77.